The van der Waals surface area contributed by atoms with Crippen molar-refractivity contribution in [2.24, 2.45) is 11.8 Å². The molecule has 0 aliphatic carbocycles. The molecule has 0 bridgehead atoms. The lowest BCUT2D eigenvalue weighted by Crippen LogP contribution is -2.37. The normalized spacial score (nSPS) is 27.3. The number of hydrogen-bond acceptors (Lipinski definition) is 6. The highest BCUT2D eigenvalue weighted by molar-refractivity contribution is 5.94. The largest absolute Gasteiger partial charge is 0.378 e. The average molecular weight is 393 g/mol. The highest BCUT2D eigenvalue weighted by atomic mass is 16.5. The number of likely N-dealkylation sites (tertiary alicyclic amines) is 2. The predicted octanol–water partition coefficient (Wildman–Crippen LogP) is 1.69. The fourth-order valence-electron chi connectivity index (χ4n) is 5.12. The first-order chi connectivity index (χ1) is 14.2. The molecule has 29 heavy (non-hydrogen) atoms. The van der Waals surface area contributed by atoms with Crippen LogP contribution in [0.15, 0.2) is 42.7 Å². The summed E-state index contributed by atoms with van der Waals surface area (Å²) in [6, 6.07) is 11.0. The van der Waals surface area contributed by atoms with Crippen LogP contribution in [-0.4, -0.2) is 78.7 Å². The third-order valence-electron chi connectivity index (χ3n) is 6.50. The zero-order chi connectivity index (χ0) is 19.8. The van der Waals surface area contributed by atoms with Gasteiger partial charge < -0.3 is 14.5 Å². The van der Waals surface area contributed by atoms with Crippen LogP contribution in [0.5, 0.6) is 0 Å². The first-order valence-corrected chi connectivity index (χ1v) is 10.4. The monoisotopic (exact) mass is 393 g/mol. The van der Waals surface area contributed by atoms with Gasteiger partial charge in [-0.25, -0.2) is 9.97 Å². The SMILES string of the molecule is CN1C[C@H]2CN(C(=O)c3cnc(N4CCOCC4)nc3)C[C@H]2[C@@H]1c1ccccc1. The van der Waals surface area contributed by atoms with Crippen LogP contribution < -0.4 is 4.90 Å². The van der Waals surface area contributed by atoms with E-state index >= 15 is 0 Å². The number of ether oxygens (including phenoxy) is 1. The van der Waals surface area contributed by atoms with Crippen molar-refractivity contribution < 1.29 is 9.53 Å². The van der Waals surface area contributed by atoms with Crippen molar-refractivity contribution in [2.45, 2.75) is 6.04 Å². The van der Waals surface area contributed by atoms with E-state index in [-0.39, 0.29) is 5.91 Å². The molecule has 2 aromatic rings. The highest BCUT2D eigenvalue weighted by Crippen LogP contribution is 2.44. The van der Waals surface area contributed by atoms with Crippen LogP contribution in [0.4, 0.5) is 5.95 Å². The minimum absolute atomic E-state index is 0.0439. The van der Waals surface area contributed by atoms with Gasteiger partial charge in [-0.2, -0.15) is 0 Å². The van der Waals surface area contributed by atoms with Crippen LogP contribution >= 0.6 is 0 Å². The first-order valence-electron chi connectivity index (χ1n) is 10.4. The Hall–Kier alpha value is -2.51. The van der Waals surface area contributed by atoms with E-state index in [1.807, 2.05) is 4.90 Å². The van der Waals surface area contributed by atoms with E-state index in [1.165, 1.54) is 5.56 Å². The van der Waals surface area contributed by atoms with Gasteiger partial charge in [0, 0.05) is 57.1 Å². The third kappa shape index (κ3) is 3.49. The molecule has 0 saturated carbocycles. The molecule has 152 valence electrons. The highest BCUT2D eigenvalue weighted by Gasteiger charge is 2.47. The maximum atomic E-state index is 13.1. The van der Waals surface area contributed by atoms with E-state index in [1.54, 1.807) is 12.4 Å². The van der Waals surface area contributed by atoms with Crippen LogP contribution in [0.1, 0.15) is 22.0 Å². The second kappa shape index (κ2) is 7.72. The van der Waals surface area contributed by atoms with Crippen molar-refractivity contribution in [2.75, 3.05) is 57.9 Å². The molecule has 0 N–H and O–H groups in total. The Kier molecular flexibility index (Phi) is 4.93. The molecule has 3 atom stereocenters. The predicted molar refractivity (Wildman–Crippen MR) is 110 cm³/mol. The molecule has 3 saturated heterocycles. The number of benzene rings is 1. The average Bonchev–Trinajstić information content (AvgIpc) is 3.31. The van der Waals surface area contributed by atoms with Gasteiger partial charge in [-0.1, -0.05) is 30.3 Å². The number of amides is 1. The molecular weight excluding hydrogens is 366 g/mol. The van der Waals surface area contributed by atoms with E-state index in [0.29, 0.717) is 42.6 Å². The smallest absolute Gasteiger partial charge is 0.257 e. The summed E-state index contributed by atoms with van der Waals surface area (Å²) in [4.78, 5) is 28.5. The third-order valence-corrected chi connectivity index (χ3v) is 6.50. The second-order valence-corrected chi connectivity index (χ2v) is 8.30. The van der Waals surface area contributed by atoms with Gasteiger partial charge in [-0.3, -0.25) is 9.69 Å². The Balaban J connectivity index is 1.28. The second-order valence-electron chi connectivity index (χ2n) is 8.30. The maximum Gasteiger partial charge on any atom is 0.257 e. The summed E-state index contributed by atoms with van der Waals surface area (Å²) in [5, 5.41) is 0. The van der Waals surface area contributed by atoms with Crippen LogP contribution in [0.25, 0.3) is 0 Å². The summed E-state index contributed by atoms with van der Waals surface area (Å²) >= 11 is 0. The molecule has 1 aromatic carbocycles. The van der Waals surface area contributed by atoms with Crippen LogP contribution in [0, 0.1) is 11.8 Å². The van der Waals surface area contributed by atoms with Crippen molar-refractivity contribution in [3.05, 3.63) is 53.9 Å². The first kappa shape index (κ1) is 18.5. The summed E-state index contributed by atoms with van der Waals surface area (Å²) in [6.45, 7) is 5.59. The molecular formula is C22H27N5O2. The summed E-state index contributed by atoms with van der Waals surface area (Å²) < 4.78 is 5.37. The standard InChI is InChI=1S/C22H27N5O2/c1-25-13-18-14-27(15-19(18)20(25)16-5-3-2-4-6-16)21(28)17-11-23-22(24-12-17)26-7-9-29-10-8-26/h2-6,11-12,18-20H,7-10,13-15H2,1H3/t18-,19+,20-/m0/s1. The van der Waals surface area contributed by atoms with Crippen molar-refractivity contribution >= 4 is 11.9 Å². The van der Waals surface area contributed by atoms with Crippen molar-refractivity contribution in [3.8, 4) is 0 Å². The van der Waals surface area contributed by atoms with Crippen LogP contribution in [-0.2, 0) is 4.74 Å². The van der Waals surface area contributed by atoms with Gasteiger partial charge in [-0.05, 0) is 18.5 Å². The van der Waals surface area contributed by atoms with E-state index in [2.05, 4.69) is 57.1 Å². The molecule has 3 fully saturated rings. The molecule has 1 aromatic heterocycles. The number of carbonyl (C=O) groups is 1. The number of rotatable bonds is 3. The van der Waals surface area contributed by atoms with Gasteiger partial charge in [0.25, 0.3) is 5.91 Å². The molecule has 5 rings (SSSR count). The summed E-state index contributed by atoms with van der Waals surface area (Å²) in [7, 11) is 2.19. The van der Waals surface area contributed by atoms with Crippen LogP contribution in [0.2, 0.25) is 0 Å². The number of nitrogens with zero attached hydrogens (tertiary/aromatic N) is 5. The lowest BCUT2D eigenvalue weighted by Gasteiger charge is -2.27. The number of morpholine rings is 1. The van der Waals surface area contributed by atoms with Crippen LogP contribution in [0.3, 0.4) is 0 Å². The van der Waals surface area contributed by atoms with Crippen molar-refractivity contribution in [3.63, 3.8) is 0 Å². The lowest BCUT2D eigenvalue weighted by molar-refractivity contribution is 0.0767. The van der Waals surface area contributed by atoms with Gasteiger partial charge in [0.15, 0.2) is 0 Å². The van der Waals surface area contributed by atoms with E-state index in [4.69, 9.17) is 4.74 Å². The molecule has 0 unspecified atom stereocenters. The summed E-state index contributed by atoms with van der Waals surface area (Å²) in [5.74, 6) is 1.71. The lowest BCUT2D eigenvalue weighted by atomic mass is 9.90. The van der Waals surface area contributed by atoms with Gasteiger partial charge >= 0.3 is 0 Å². The molecule has 7 heteroatoms. The Morgan fingerprint density at radius 3 is 2.48 bits per heavy atom. The molecule has 7 nitrogen and oxygen atoms in total. The Bertz CT molecular complexity index is 853. The summed E-state index contributed by atoms with van der Waals surface area (Å²) in [5.41, 5.74) is 1.92. The number of hydrogen-bond donors (Lipinski definition) is 0. The number of fused-ring (bicyclic) bond motifs is 1. The molecule has 3 aliphatic rings. The van der Waals surface area contributed by atoms with E-state index in [9.17, 15) is 4.79 Å². The number of carbonyl (C=O) groups excluding carboxylic acids is 1. The maximum absolute atomic E-state index is 13.1. The summed E-state index contributed by atoms with van der Waals surface area (Å²) in [6.07, 6.45) is 3.35. The Labute approximate surface area is 171 Å². The molecule has 3 aliphatic heterocycles. The van der Waals surface area contributed by atoms with Crippen molar-refractivity contribution in [1.29, 1.82) is 0 Å². The molecule has 0 radical (unpaired) electrons. The fraction of sp³-hybridized carbons (Fsp3) is 0.500. The van der Waals surface area contributed by atoms with E-state index in [0.717, 1.165) is 32.7 Å². The number of aromatic nitrogens is 2. The topological polar surface area (TPSA) is 61.8 Å². The molecule has 1 amide bonds. The molecule has 0 spiro atoms. The minimum atomic E-state index is 0.0439. The zero-order valence-corrected chi connectivity index (χ0v) is 16.8. The Morgan fingerprint density at radius 2 is 1.76 bits per heavy atom. The van der Waals surface area contributed by atoms with Gasteiger partial charge in [0.1, 0.15) is 0 Å². The quantitative estimate of drug-likeness (QED) is 0.791. The Morgan fingerprint density at radius 1 is 1.03 bits per heavy atom. The van der Waals surface area contributed by atoms with E-state index < -0.39 is 0 Å². The zero-order valence-electron chi connectivity index (χ0n) is 16.8. The van der Waals surface area contributed by atoms with Crippen molar-refractivity contribution in [1.82, 2.24) is 19.8 Å². The van der Waals surface area contributed by atoms with Gasteiger partial charge in [0.2, 0.25) is 5.95 Å². The minimum Gasteiger partial charge on any atom is -0.378 e. The number of anilines is 1. The van der Waals surface area contributed by atoms with Gasteiger partial charge in [0.05, 0.1) is 18.8 Å². The molecule has 4 heterocycles. The fourth-order valence-corrected chi connectivity index (χ4v) is 5.12. The van der Waals surface area contributed by atoms with Gasteiger partial charge in [-0.15, -0.1) is 0 Å².